The summed E-state index contributed by atoms with van der Waals surface area (Å²) in [7, 11) is 0. The lowest BCUT2D eigenvalue weighted by atomic mass is 10.1. The van der Waals surface area contributed by atoms with Crippen LogP contribution in [0.2, 0.25) is 0 Å². The van der Waals surface area contributed by atoms with Crippen LogP contribution in [0, 0.1) is 5.92 Å². The van der Waals surface area contributed by atoms with Crippen LogP contribution in [-0.4, -0.2) is 22.4 Å². The van der Waals surface area contributed by atoms with Crippen LogP contribution in [-0.2, 0) is 22.5 Å². The SMILES string of the molecule is CCOC(=O)C1Cc2ccnn2C1. The Balaban J connectivity index is 2.01. The Morgan fingerprint density at radius 1 is 1.85 bits per heavy atom. The third kappa shape index (κ3) is 1.43. The van der Waals surface area contributed by atoms with Gasteiger partial charge in [0, 0.05) is 18.3 Å². The molecule has 1 aliphatic heterocycles. The summed E-state index contributed by atoms with van der Waals surface area (Å²) in [5, 5.41) is 4.10. The number of carbonyl (C=O) groups excluding carboxylic acids is 1. The summed E-state index contributed by atoms with van der Waals surface area (Å²) >= 11 is 0. The lowest BCUT2D eigenvalue weighted by Crippen LogP contribution is -2.19. The second-order valence-electron chi connectivity index (χ2n) is 3.16. The summed E-state index contributed by atoms with van der Waals surface area (Å²) in [6, 6.07) is 1.94. The normalized spacial score (nSPS) is 19.9. The molecule has 0 spiro atoms. The Kier molecular flexibility index (Phi) is 2.04. The largest absolute Gasteiger partial charge is 0.466 e. The predicted molar refractivity (Wildman–Crippen MR) is 46.1 cm³/mol. The van der Waals surface area contributed by atoms with Crippen molar-refractivity contribution < 1.29 is 9.53 Å². The van der Waals surface area contributed by atoms with Gasteiger partial charge in [0.25, 0.3) is 0 Å². The van der Waals surface area contributed by atoms with E-state index in [1.165, 1.54) is 0 Å². The molecule has 0 aromatic carbocycles. The first-order valence-corrected chi connectivity index (χ1v) is 4.48. The predicted octanol–water partition coefficient (Wildman–Crippen LogP) is 0.618. The van der Waals surface area contributed by atoms with Gasteiger partial charge in [0.1, 0.15) is 0 Å². The van der Waals surface area contributed by atoms with E-state index in [2.05, 4.69) is 5.10 Å². The maximum Gasteiger partial charge on any atom is 0.311 e. The molecule has 0 aliphatic carbocycles. The zero-order valence-electron chi connectivity index (χ0n) is 7.56. The number of esters is 1. The number of nitrogens with zero attached hydrogens (tertiary/aromatic N) is 2. The summed E-state index contributed by atoms with van der Waals surface area (Å²) in [6.45, 7) is 2.95. The van der Waals surface area contributed by atoms with Crippen molar-refractivity contribution in [2.75, 3.05) is 6.61 Å². The fraction of sp³-hybridized carbons (Fsp3) is 0.556. The second-order valence-corrected chi connectivity index (χ2v) is 3.16. The Labute approximate surface area is 76.5 Å². The second kappa shape index (κ2) is 3.20. The molecule has 0 saturated heterocycles. The molecule has 0 amide bonds. The molecule has 1 aromatic heterocycles. The van der Waals surface area contributed by atoms with E-state index < -0.39 is 0 Å². The van der Waals surface area contributed by atoms with Crippen molar-refractivity contribution >= 4 is 5.97 Å². The lowest BCUT2D eigenvalue weighted by molar-refractivity contribution is -0.147. The highest BCUT2D eigenvalue weighted by Gasteiger charge is 2.28. The van der Waals surface area contributed by atoms with Gasteiger partial charge in [-0.25, -0.2) is 0 Å². The summed E-state index contributed by atoms with van der Waals surface area (Å²) in [5.41, 5.74) is 1.12. The van der Waals surface area contributed by atoms with Crippen molar-refractivity contribution in [3.8, 4) is 0 Å². The van der Waals surface area contributed by atoms with Crippen LogP contribution in [0.15, 0.2) is 12.3 Å². The van der Waals surface area contributed by atoms with Crippen LogP contribution in [0.25, 0.3) is 0 Å². The number of carbonyl (C=O) groups is 1. The topological polar surface area (TPSA) is 44.1 Å². The molecule has 70 valence electrons. The Bertz CT molecular complexity index is 299. The fourth-order valence-corrected chi connectivity index (χ4v) is 1.64. The van der Waals surface area contributed by atoms with E-state index in [1.54, 1.807) is 6.20 Å². The molecule has 0 saturated carbocycles. The van der Waals surface area contributed by atoms with Crippen LogP contribution in [0.3, 0.4) is 0 Å². The first-order valence-electron chi connectivity index (χ1n) is 4.48. The standard InChI is InChI=1S/C9H12N2O2/c1-2-13-9(12)7-5-8-3-4-10-11(8)6-7/h3-4,7H,2,5-6H2,1H3. The van der Waals surface area contributed by atoms with Gasteiger partial charge >= 0.3 is 5.97 Å². The van der Waals surface area contributed by atoms with E-state index in [0.29, 0.717) is 13.2 Å². The molecule has 0 fully saturated rings. The Morgan fingerprint density at radius 3 is 3.38 bits per heavy atom. The highest BCUT2D eigenvalue weighted by atomic mass is 16.5. The van der Waals surface area contributed by atoms with Gasteiger partial charge in [-0.3, -0.25) is 9.48 Å². The number of aromatic nitrogens is 2. The maximum absolute atomic E-state index is 11.3. The Hall–Kier alpha value is -1.32. The molecule has 1 aromatic rings. The average molecular weight is 180 g/mol. The van der Waals surface area contributed by atoms with Crippen LogP contribution in [0.1, 0.15) is 12.6 Å². The fourth-order valence-electron chi connectivity index (χ4n) is 1.64. The minimum absolute atomic E-state index is 0.0244. The minimum atomic E-state index is -0.104. The Morgan fingerprint density at radius 2 is 2.69 bits per heavy atom. The van der Waals surface area contributed by atoms with Gasteiger partial charge in [-0.2, -0.15) is 5.10 Å². The van der Waals surface area contributed by atoms with Crippen molar-refractivity contribution in [2.24, 2.45) is 5.92 Å². The summed E-state index contributed by atoms with van der Waals surface area (Å²) in [4.78, 5) is 11.3. The number of hydrogen-bond donors (Lipinski definition) is 0. The summed E-state index contributed by atoms with van der Waals surface area (Å²) in [6.07, 6.45) is 2.52. The summed E-state index contributed by atoms with van der Waals surface area (Å²) < 4.78 is 6.81. The molecule has 13 heavy (non-hydrogen) atoms. The molecule has 1 aliphatic rings. The molecule has 4 heteroatoms. The molecule has 4 nitrogen and oxygen atoms in total. The molecular weight excluding hydrogens is 168 g/mol. The van der Waals surface area contributed by atoms with E-state index in [4.69, 9.17) is 4.74 Å². The number of hydrogen-bond acceptors (Lipinski definition) is 3. The molecule has 2 heterocycles. The van der Waals surface area contributed by atoms with Crippen molar-refractivity contribution in [3.63, 3.8) is 0 Å². The number of fused-ring (bicyclic) bond motifs is 1. The van der Waals surface area contributed by atoms with E-state index in [1.807, 2.05) is 17.7 Å². The molecule has 1 atom stereocenters. The first kappa shape index (κ1) is 8.29. The molecule has 0 radical (unpaired) electrons. The molecule has 1 unspecified atom stereocenters. The number of ether oxygens (including phenoxy) is 1. The van der Waals surface area contributed by atoms with Crippen LogP contribution in [0.5, 0.6) is 0 Å². The van der Waals surface area contributed by atoms with Crippen molar-refractivity contribution in [1.82, 2.24) is 9.78 Å². The van der Waals surface area contributed by atoms with Gasteiger partial charge in [0.15, 0.2) is 0 Å². The van der Waals surface area contributed by atoms with Crippen molar-refractivity contribution in [1.29, 1.82) is 0 Å². The molecule has 0 bridgehead atoms. The van der Waals surface area contributed by atoms with Gasteiger partial charge in [0.05, 0.1) is 19.1 Å². The minimum Gasteiger partial charge on any atom is -0.466 e. The zero-order chi connectivity index (χ0) is 9.26. The van der Waals surface area contributed by atoms with Gasteiger partial charge < -0.3 is 4.74 Å². The third-order valence-electron chi connectivity index (χ3n) is 2.27. The monoisotopic (exact) mass is 180 g/mol. The first-order chi connectivity index (χ1) is 6.31. The van der Waals surface area contributed by atoms with E-state index in [-0.39, 0.29) is 11.9 Å². The zero-order valence-corrected chi connectivity index (χ0v) is 7.56. The van der Waals surface area contributed by atoms with Gasteiger partial charge in [-0.15, -0.1) is 0 Å². The third-order valence-corrected chi connectivity index (χ3v) is 2.27. The van der Waals surface area contributed by atoms with Crippen LogP contribution >= 0.6 is 0 Å². The van der Waals surface area contributed by atoms with Crippen LogP contribution < -0.4 is 0 Å². The van der Waals surface area contributed by atoms with E-state index >= 15 is 0 Å². The van der Waals surface area contributed by atoms with Gasteiger partial charge in [-0.1, -0.05) is 0 Å². The molecule has 2 rings (SSSR count). The highest BCUT2D eigenvalue weighted by Crippen LogP contribution is 2.20. The van der Waals surface area contributed by atoms with Gasteiger partial charge in [0.2, 0.25) is 0 Å². The quantitative estimate of drug-likeness (QED) is 0.626. The van der Waals surface area contributed by atoms with Crippen LogP contribution in [0.4, 0.5) is 0 Å². The average Bonchev–Trinajstić information content (AvgIpc) is 2.61. The number of rotatable bonds is 2. The maximum atomic E-state index is 11.3. The molecule has 0 N–H and O–H groups in total. The smallest absolute Gasteiger partial charge is 0.311 e. The van der Waals surface area contributed by atoms with E-state index in [9.17, 15) is 4.79 Å². The lowest BCUT2D eigenvalue weighted by Gasteiger charge is -2.06. The molecular formula is C9H12N2O2. The van der Waals surface area contributed by atoms with Gasteiger partial charge in [-0.05, 0) is 13.0 Å². The van der Waals surface area contributed by atoms with Crippen molar-refractivity contribution in [2.45, 2.75) is 19.9 Å². The highest BCUT2D eigenvalue weighted by molar-refractivity contribution is 5.73. The van der Waals surface area contributed by atoms with E-state index in [0.717, 1.165) is 12.1 Å². The summed E-state index contributed by atoms with van der Waals surface area (Å²) in [5.74, 6) is -0.128. The van der Waals surface area contributed by atoms with Crippen molar-refractivity contribution in [3.05, 3.63) is 18.0 Å².